The van der Waals surface area contributed by atoms with Crippen LogP contribution in [0.25, 0.3) is 0 Å². The van der Waals surface area contributed by atoms with E-state index in [9.17, 15) is 0 Å². The monoisotopic (exact) mass is 241 g/mol. The summed E-state index contributed by atoms with van der Waals surface area (Å²) >= 11 is 10.8. The molecule has 4 heteroatoms. The molecular formula is C10H11NS3. The average molecular weight is 241 g/mol. The molecule has 0 aromatic heterocycles. The predicted octanol–water partition coefficient (Wildman–Crippen LogP) is 2.64. The number of rotatable bonds is 1. The van der Waals surface area contributed by atoms with Gasteiger partial charge in [0.15, 0.2) is 0 Å². The van der Waals surface area contributed by atoms with Gasteiger partial charge in [0.1, 0.15) is 4.32 Å². The maximum Gasteiger partial charge on any atom is 0.150 e. The normalized spacial score (nSPS) is 20.4. The van der Waals surface area contributed by atoms with Gasteiger partial charge in [-0.25, -0.2) is 0 Å². The second-order valence-corrected chi connectivity index (χ2v) is 6.48. The lowest BCUT2D eigenvalue weighted by Gasteiger charge is -2.22. The van der Waals surface area contributed by atoms with E-state index in [1.807, 2.05) is 12.1 Å². The van der Waals surface area contributed by atoms with E-state index in [-0.39, 0.29) is 9.45 Å². The van der Waals surface area contributed by atoms with E-state index in [1.165, 1.54) is 10.6 Å². The van der Waals surface area contributed by atoms with Crippen molar-refractivity contribution in [2.75, 3.05) is 4.90 Å². The molecule has 1 heterocycles. The molecule has 0 aliphatic carbocycles. The summed E-state index contributed by atoms with van der Waals surface area (Å²) in [5.41, 5.74) is 1.20. The SMILES string of the molecule is CC(C)N1C(=S)S(=S)c2ccccc21. The quantitative estimate of drug-likeness (QED) is 0.550. The van der Waals surface area contributed by atoms with Crippen LogP contribution in [0.5, 0.6) is 0 Å². The Morgan fingerprint density at radius 3 is 2.57 bits per heavy atom. The third-order valence-corrected chi connectivity index (χ3v) is 5.48. The van der Waals surface area contributed by atoms with E-state index in [0.717, 1.165) is 4.32 Å². The Bertz CT molecular complexity index is 412. The van der Waals surface area contributed by atoms with Gasteiger partial charge in [-0.05, 0) is 46.6 Å². The van der Waals surface area contributed by atoms with E-state index in [2.05, 4.69) is 30.9 Å². The maximum absolute atomic E-state index is 5.42. The molecule has 1 nitrogen and oxygen atoms in total. The van der Waals surface area contributed by atoms with Crippen molar-refractivity contribution in [3.63, 3.8) is 0 Å². The number of thiocarbonyl (C=S) groups is 1. The van der Waals surface area contributed by atoms with Crippen LogP contribution in [0.2, 0.25) is 0 Å². The third kappa shape index (κ3) is 1.42. The summed E-state index contributed by atoms with van der Waals surface area (Å²) in [5.74, 6) is 0. The predicted molar refractivity (Wildman–Crippen MR) is 69.7 cm³/mol. The van der Waals surface area contributed by atoms with Crippen molar-refractivity contribution in [1.29, 1.82) is 0 Å². The molecule has 1 aromatic rings. The molecule has 74 valence electrons. The van der Waals surface area contributed by atoms with E-state index in [4.69, 9.17) is 23.4 Å². The molecule has 14 heavy (non-hydrogen) atoms. The Hall–Kier alpha value is -0.320. The molecule has 0 bridgehead atoms. The number of para-hydroxylation sites is 1. The highest BCUT2D eigenvalue weighted by molar-refractivity contribution is 8.42. The van der Waals surface area contributed by atoms with Crippen LogP contribution in [0.4, 0.5) is 5.69 Å². The van der Waals surface area contributed by atoms with Crippen LogP contribution in [-0.4, -0.2) is 10.4 Å². The van der Waals surface area contributed by atoms with Crippen molar-refractivity contribution in [2.45, 2.75) is 24.8 Å². The summed E-state index contributed by atoms with van der Waals surface area (Å²) in [6, 6.07) is 8.64. The Morgan fingerprint density at radius 1 is 1.29 bits per heavy atom. The highest BCUT2D eigenvalue weighted by Crippen LogP contribution is 2.34. The zero-order valence-corrected chi connectivity index (χ0v) is 10.5. The summed E-state index contributed by atoms with van der Waals surface area (Å²) in [7, 11) is -0.302. The number of hydrogen-bond donors (Lipinski definition) is 0. The molecule has 0 spiro atoms. The number of fused-ring (bicyclic) bond motifs is 1. The first-order chi connectivity index (χ1) is 6.63. The fourth-order valence-corrected chi connectivity index (χ4v) is 4.06. The summed E-state index contributed by atoms with van der Waals surface area (Å²) < 4.78 is 0.899. The van der Waals surface area contributed by atoms with E-state index in [0.29, 0.717) is 6.04 Å². The standard InChI is InChI=1S/C10H11NS3/c1-7(2)11-8-5-3-4-6-9(8)14(13)10(11)12/h3-7H,1-2H3. The van der Waals surface area contributed by atoms with Crippen LogP contribution >= 0.6 is 12.2 Å². The van der Waals surface area contributed by atoms with Crippen LogP contribution in [0.15, 0.2) is 29.2 Å². The Labute approximate surface area is 96.7 Å². The molecule has 2 rings (SSSR count). The highest BCUT2D eigenvalue weighted by Gasteiger charge is 2.29. The van der Waals surface area contributed by atoms with Crippen LogP contribution in [0.3, 0.4) is 0 Å². The summed E-state index contributed by atoms with van der Waals surface area (Å²) in [6.45, 7) is 4.28. The zero-order chi connectivity index (χ0) is 10.3. The second kappa shape index (κ2) is 3.68. The number of anilines is 1. The maximum atomic E-state index is 5.42. The van der Waals surface area contributed by atoms with Crippen molar-refractivity contribution in [3.05, 3.63) is 24.3 Å². The molecule has 1 aromatic carbocycles. The van der Waals surface area contributed by atoms with Crippen LogP contribution < -0.4 is 4.90 Å². The fourth-order valence-electron chi connectivity index (χ4n) is 1.58. The zero-order valence-electron chi connectivity index (χ0n) is 8.06. The lowest BCUT2D eigenvalue weighted by atomic mass is 10.2. The van der Waals surface area contributed by atoms with Crippen molar-refractivity contribution in [1.82, 2.24) is 0 Å². The van der Waals surface area contributed by atoms with Gasteiger partial charge in [0.25, 0.3) is 0 Å². The van der Waals surface area contributed by atoms with E-state index in [1.54, 1.807) is 0 Å². The largest absolute Gasteiger partial charge is 0.323 e. The number of benzene rings is 1. The van der Waals surface area contributed by atoms with Gasteiger partial charge in [-0.15, -0.1) is 0 Å². The van der Waals surface area contributed by atoms with Gasteiger partial charge >= 0.3 is 0 Å². The summed E-state index contributed by atoms with van der Waals surface area (Å²) in [5, 5.41) is 0. The molecule has 0 N–H and O–H groups in total. The van der Waals surface area contributed by atoms with Gasteiger partial charge in [0.05, 0.1) is 5.69 Å². The minimum atomic E-state index is -0.302. The molecule has 1 unspecified atom stereocenters. The van der Waals surface area contributed by atoms with E-state index >= 15 is 0 Å². The molecule has 0 saturated heterocycles. The number of nitrogens with zero attached hydrogens (tertiary/aromatic N) is 1. The van der Waals surface area contributed by atoms with Crippen LogP contribution in [0, 0.1) is 0 Å². The van der Waals surface area contributed by atoms with Gasteiger partial charge in [-0.1, -0.05) is 24.4 Å². The molecular weight excluding hydrogens is 230 g/mol. The Balaban J connectivity index is 2.59. The smallest absolute Gasteiger partial charge is 0.150 e. The Kier molecular flexibility index (Phi) is 2.68. The molecule has 1 aliphatic rings. The summed E-state index contributed by atoms with van der Waals surface area (Å²) in [4.78, 5) is 3.38. The van der Waals surface area contributed by atoms with Gasteiger partial charge in [0, 0.05) is 10.9 Å². The lowest BCUT2D eigenvalue weighted by Crippen LogP contribution is -2.32. The molecule has 0 amide bonds. The highest BCUT2D eigenvalue weighted by atomic mass is 32.8. The molecule has 1 aliphatic heterocycles. The molecule has 1 atom stereocenters. The van der Waals surface area contributed by atoms with Crippen molar-refractivity contribution in [2.24, 2.45) is 0 Å². The average Bonchev–Trinajstić information content (AvgIpc) is 2.41. The summed E-state index contributed by atoms with van der Waals surface area (Å²) in [6.07, 6.45) is 0. The van der Waals surface area contributed by atoms with Gasteiger partial charge in [-0.2, -0.15) is 0 Å². The van der Waals surface area contributed by atoms with Gasteiger partial charge < -0.3 is 4.90 Å². The van der Waals surface area contributed by atoms with Crippen molar-refractivity contribution < 1.29 is 0 Å². The third-order valence-electron chi connectivity index (χ3n) is 2.20. The number of hydrogen-bond acceptors (Lipinski definition) is 2. The first-order valence-corrected chi connectivity index (χ1v) is 7.02. The first-order valence-electron chi connectivity index (χ1n) is 4.47. The fraction of sp³-hybridized carbons (Fsp3) is 0.300. The Morgan fingerprint density at radius 2 is 1.93 bits per heavy atom. The first kappa shape index (κ1) is 10.2. The molecule has 0 saturated carbocycles. The van der Waals surface area contributed by atoms with Gasteiger partial charge in [-0.3, -0.25) is 0 Å². The topological polar surface area (TPSA) is 3.24 Å². The van der Waals surface area contributed by atoms with Crippen molar-refractivity contribution in [3.8, 4) is 0 Å². The second-order valence-electron chi connectivity index (χ2n) is 3.47. The lowest BCUT2D eigenvalue weighted by molar-refractivity contribution is 0.815. The molecule has 0 fully saturated rings. The van der Waals surface area contributed by atoms with Crippen LogP contribution in [0.1, 0.15) is 13.8 Å². The minimum absolute atomic E-state index is 0.302. The van der Waals surface area contributed by atoms with Crippen molar-refractivity contribution >= 4 is 42.9 Å². The van der Waals surface area contributed by atoms with E-state index < -0.39 is 0 Å². The molecule has 0 radical (unpaired) electrons. The van der Waals surface area contributed by atoms with Gasteiger partial charge in [0.2, 0.25) is 0 Å². The minimum Gasteiger partial charge on any atom is -0.323 e. The van der Waals surface area contributed by atoms with Crippen LogP contribution in [-0.2, 0) is 20.6 Å².